The van der Waals surface area contributed by atoms with Gasteiger partial charge in [-0.1, -0.05) is 45.0 Å². The number of unbranched alkanes of at least 4 members (excludes halogenated alkanes) is 1. The summed E-state index contributed by atoms with van der Waals surface area (Å²) in [7, 11) is 1.84. The lowest BCUT2D eigenvalue weighted by molar-refractivity contribution is -0.136. The summed E-state index contributed by atoms with van der Waals surface area (Å²) in [6.45, 7) is 6.62. The van der Waals surface area contributed by atoms with Crippen molar-refractivity contribution in [2.75, 3.05) is 26.7 Å². The zero-order valence-electron chi connectivity index (χ0n) is 21.0. The largest absolute Gasteiger partial charge is 0.472 e. The average molecular weight is 470 g/mol. The lowest BCUT2D eigenvalue weighted by atomic mass is 9.88. The molecule has 0 radical (unpaired) electrons. The van der Waals surface area contributed by atoms with Gasteiger partial charge in [-0.2, -0.15) is 0 Å². The van der Waals surface area contributed by atoms with Crippen LogP contribution in [0.25, 0.3) is 0 Å². The third-order valence-corrected chi connectivity index (χ3v) is 6.91. The van der Waals surface area contributed by atoms with E-state index < -0.39 is 0 Å². The van der Waals surface area contributed by atoms with Gasteiger partial charge in [-0.15, -0.1) is 0 Å². The van der Waals surface area contributed by atoms with Crippen LogP contribution in [0.1, 0.15) is 81.6 Å². The molecule has 1 saturated carbocycles. The molecule has 1 aromatic rings. The summed E-state index contributed by atoms with van der Waals surface area (Å²) in [6, 6.07) is 1.38. The predicted octanol–water partition coefficient (Wildman–Crippen LogP) is 3.49. The molecule has 3 rings (SSSR count). The lowest BCUT2D eigenvalue weighted by Gasteiger charge is -2.38. The highest BCUT2D eigenvalue weighted by atomic mass is 16.5. The molecule has 0 saturated heterocycles. The number of hydrogen-bond donors (Lipinski definition) is 1. The number of aromatic nitrogens is 1. The van der Waals surface area contributed by atoms with Crippen LogP contribution in [0.3, 0.4) is 0 Å². The summed E-state index contributed by atoms with van der Waals surface area (Å²) < 4.78 is 6.31. The molecule has 1 aromatic heterocycles. The first-order chi connectivity index (χ1) is 16.3. The molecule has 2 amide bonds. The maximum Gasteiger partial charge on any atom is 0.259 e. The van der Waals surface area contributed by atoms with E-state index in [0.29, 0.717) is 24.2 Å². The third-order valence-electron chi connectivity index (χ3n) is 6.91. The van der Waals surface area contributed by atoms with Crippen molar-refractivity contribution in [3.8, 4) is 17.7 Å². The van der Waals surface area contributed by atoms with E-state index in [1.54, 1.807) is 22.1 Å². The summed E-state index contributed by atoms with van der Waals surface area (Å²) >= 11 is 0. The number of fused-ring (bicyclic) bond motifs is 1. The van der Waals surface area contributed by atoms with E-state index in [0.717, 1.165) is 38.5 Å². The van der Waals surface area contributed by atoms with Crippen molar-refractivity contribution in [2.45, 2.75) is 77.9 Å². The Hall–Kier alpha value is -2.59. The minimum Gasteiger partial charge on any atom is -0.472 e. The standard InChI is InChI=1S/C27H39N3O4/c1-5-6-8-11-21-14-23-25(28-15-21)34-24(19(2)16-30(27(23)33)20(3)18-31)17-29(4)26(32)22-12-9-7-10-13-22/h14-15,19-20,22,24,31H,5-7,9-10,12-13,16-18H2,1-4H3/t19-,20-,24+/m0/s1. The zero-order valence-corrected chi connectivity index (χ0v) is 21.0. The van der Waals surface area contributed by atoms with Gasteiger partial charge in [0.15, 0.2) is 0 Å². The second-order valence-corrected chi connectivity index (χ2v) is 9.80. The average Bonchev–Trinajstić information content (AvgIpc) is 2.86. The minimum absolute atomic E-state index is 0.0569. The summed E-state index contributed by atoms with van der Waals surface area (Å²) in [5.74, 6) is 6.40. The second kappa shape index (κ2) is 12.2. The Morgan fingerprint density at radius 2 is 2.09 bits per heavy atom. The van der Waals surface area contributed by atoms with Crippen LogP contribution in [0, 0.1) is 23.7 Å². The first kappa shape index (κ1) is 26.0. The molecule has 0 aromatic carbocycles. The van der Waals surface area contributed by atoms with E-state index >= 15 is 0 Å². The smallest absolute Gasteiger partial charge is 0.259 e. The number of amides is 2. The Balaban J connectivity index is 1.88. The number of carbonyl (C=O) groups is 2. The molecular weight excluding hydrogens is 430 g/mol. The Labute approximate surface area is 203 Å². The van der Waals surface area contributed by atoms with Crippen LogP contribution >= 0.6 is 0 Å². The van der Waals surface area contributed by atoms with E-state index in [1.807, 2.05) is 20.9 Å². The monoisotopic (exact) mass is 469 g/mol. The molecule has 7 nitrogen and oxygen atoms in total. The second-order valence-electron chi connectivity index (χ2n) is 9.80. The number of carbonyl (C=O) groups excluding carboxylic acids is 2. The van der Waals surface area contributed by atoms with Crippen LogP contribution in [0.15, 0.2) is 12.3 Å². The van der Waals surface area contributed by atoms with Crippen molar-refractivity contribution in [2.24, 2.45) is 11.8 Å². The number of likely N-dealkylation sites (N-methyl/N-ethyl adjacent to an activating group) is 1. The van der Waals surface area contributed by atoms with Crippen LogP contribution < -0.4 is 4.74 Å². The van der Waals surface area contributed by atoms with Crippen LogP contribution in [-0.4, -0.2) is 70.6 Å². The Morgan fingerprint density at radius 1 is 1.35 bits per heavy atom. The van der Waals surface area contributed by atoms with Gasteiger partial charge in [0.1, 0.15) is 11.7 Å². The van der Waals surface area contributed by atoms with Gasteiger partial charge < -0.3 is 19.6 Å². The topological polar surface area (TPSA) is 83.0 Å². The Bertz CT molecular complexity index is 916. The number of ether oxygens (including phenoxy) is 1. The van der Waals surface area contributed by atoms with E-state index in [-0.39, 0.29) is 48.3 Å². The van der Waals surface area contributed by atoms with Crippen molar-refractivity contribution in [3.63, 3.8) is 0 Å². The molecule has 3 atom stereocenters. The summed E-state index contributed by atoms with van der Waals surface area (Å²) in [5, 5.41) is 9.81. The molecule has 1 aliphatic heterocycles. The van der Waals surface area contributed by atoms with Crippen molar-refractivity contribution in [3.05, 3.63) is 23.4 Å². The molecule has 7 heteroatoms. The van der Waals surface area contributed by atoms with Crippen molar-refractivity contribution in [1.29, 1.82) is 0 Å². The normalized spacial score (nSPS) is 21.9. The maximum absolute atomic E-state index is 13.4. The van der Waals surface area contributed by atoms with Crippen LogP contribution in [0.5, 0.6) is 5.88 Å². The quantitative estimate of drug-likeness (QED) is 0.645. The molecule has 1 fully saturated rings. The Kier molecular flexibility index (Phi) is 9.35. The van der Waals surface area contributed by atoms with Gasteiger partial charge in [0, 0.05) is 43.6 Å². The number of hydrogen-bond acceptors (Lipinski definition) is 5. The van der Waals surface area contributed by atoms with Crippen LogP contribution in [-0.2, 0) is 4.79 Å². The van der Waals surface area contributed by atoms with Crippen LogP contribution in [0.4, 0.5) is 0 Å². The van der Waals surface area contributed by atoms with E-state index in [9.17, 15) is 14.7 Å². The number of aliphatic hydroxyl groups is 1. The fourth-order valence-electron chi connectivity index (χ4n) is 4.70. The maximum atomic E-state index is 13.4. The van der Waals surface area contributed by atoms with Gasteiger partial charge in [-0.25, -0.2) is 4.98 Å². The number of nitrogens with zero attached hydrogens (tertiary/aromatic N) is 3. The molecule has 0 unspecified atom stereocenters. The summed E-state index contributed by atoms with van der Waals surface area (Å²) in [4.78, 5) is 34.4. The van der Waals surface area contributed by atoms with Gasteiger partial charge in [0.05, 0.1) is 19.2 Å². The molecule has 34 heavy (non-hydrogen) atoms. The van der Waals surface area contributed by atoms with Crippen molar-refractivity contribution < 1.29 is 19.4 Å². The molecule has 2 aliphatic rings. The molecular formula is C27H39N3O4. The minimum atomic E-state index is -0.349. The Morgan fingerprint density at radius 3 is 2.76 bits per heavy atom. The van der Waals surface area contributed by atoms with Crippen molar-refractivity contribution >= 4 is 11.8 Å². The van der Waals surface area contributed by atoms with Gasteiger partial charge in [0.25, 0.3) is 5.91 Å². The van der Waals surface area contributed by atoms with Crippen LogP contribution in [0.2, 0.25) is 0 Å². The lowest BCUT2D eigenvalue weighted by Crippen LogP contribution is -2.51. The molecule has 2 heterocycles. The van der Waals surface area contributed by atoms with E-state index in [2.05, 4.69) is 23.7 Å². The highest BCUT2D eigenvalue weighted by molar-refractivity contribution is 5.97. The van der Waals surface area contributed by atoms with E-state index in [4.69, 9.17) is 4.74 Å². The molecule has 1 N–H and O–H groups in total. The molecule has 0 spiro atoms. The summed E-state index contributed by atoms with van der Waals surface area (Å²) in [5.41, 5.74) is 1.01. The number of rotatable bonds is 6. The highest BCUT2D eigenvalue weighted by Gasteiger charge is 2.35. The third kappa shape index (κ3) is 6.29. The van der Waals surface area contributed by atoms with Gasteiger partial charge in [-0.3, -0.25) is 9.59 Å². The molecule has 186 valence electrons. The van der Waals surface area contributed by atoms with E-state index in [1.165, 1.54) is 6.42 Å². The first-order valence-electron chi connectivity index (χ1n) is 12.7. The fourth-order valence-corrected chi connectivity index (χ4v) is 4.70. The predicted molar refractivity (Wildman–Crippen MR) is 131 cm³/mol. The van der Waals surface area contributed by atoms with Gasteiger partial charge >= 0.3 is 0 Å². The van der Waals surface area contributed by atoms with Crippen molar-refractivity contribution in [1.82, 2.24) is 14.8 Å². The number of aliphatic hydroxyl groups excluding tert-OH is 1. The number of pyridine rings is 1. The molecule has 1 aliphatic carbocycles. The fraction of sp³-hybridized carbons (Fsp3) is 0.667. The SMILES string of the molecule is CCCC#Cc1cnc2c(c1)C(=O)N([C@@H](C)CO)C[C@H](C)[C@@H](CN(C)C(=O)C1CCCCC1)O2. The molecule has 0 bridgehead atoms. The highest BCUT2D eigenvalue weighted by Crippen LogP contribution is 2.29. The zero-order chi connectivity index (χ0) is 24.7. The first-order valence-corrected chi connectivity index (χ1v) is 12.7. The van der Waals surface area contributed by atoms with Gasteiger partial charge in [-0.05, 0) is 32.3 Å². The van der Waals surface area contributed by atoms with Gasteiger partial charge in [0.2, 0.25) is 11.8 Å². The summed E-state index contributed by atoms with van der Waals surface area (Å²) in [6.07, 6.45) is 8.36.